The maximum Gasteiger partial charge on any atom is 0.339 e. The molecule has 0 spiro atoms. The fourth-order valence-electron chi connectivity index (χ4n) is 2.36. The second kappa shape index (κ2) is 5.95. The number of rotatable bonds is 4. The molecule has 1 heterocycles. The molecule has 0 fully saturated rings. The fourth-order valence-corrected chi connectivity index (χ4v) is 2.36. The quantitative estimate of drug-likeness (QED) is 0.671. The predicted molar refractivity (Wildman–Crippen MR) is 78.7 cm³/mol. The molecule has 1 aliphatic rings. The average Bonchev–Trinajstić information content (AvgIpc) is 2.96. The van der Waals surface area contributed by atoms with Crippen LogP contribution in [0.1, 0.15) is 17.2 Å². The molecule has 0 aliphatic carbocycles. The number of ether oxygens (including phenoxy) is 2. The van der Waals surface area contributed by atoms with Crippen LogP contribution in [-0.2, 0) is 6.61 Å². The minimum Gasteiger partial charge on any atom is -0.490 e. The minimum atomic E-state index is -0.911. The number of primary amides is 1. The highest BCUT2D eigenvalue weighted by molar-refractivity contribution is 5.71. The van der Waals surface area contributed by atoms with Gasteiger partial charge in [0.1, 0.15) is 30.8 Å². The Kier molecular flexibility index (Phi) is 3.84. The first-order chi connectivity index (χ1) is 10.6. The second-order valence-corrected chi connectivity index (χ2v) is 4.98. The van der Waals surface area contributed by atoms with E-state index in [0.717, 1.165) is 5.56 Å². The summed E-state index contributed by atoms with van der Waals surface area (Å²) in [5.41, 5.74) is 6.84. The first-order valence-corrected chi connectivity index (χ1v) is 6.86. The van der Waals surface area contributed by atoms with Crippen LogP contribution in [0.4, 0.5) is 4.79 Å². The van der Waals surface area contributed by atoms with Crippen LogP contribution < -0.4 is 15.2 Å². The van der Waals surface area contributed by atoms with E-state index in [-0.39, 0.29) is 6.61 Å². The van der Waals surface area contributed by atoms with Crippen molar-refractivity contribution in [3.05, 3.63) is 59.7 Å². The van der Waals surface area contributed by atoms with Gasteiger partial charge in [-0.1, -0.05) is 30.3 Å². The number of hydroxylamine groups is 2. The van der Waals surface area contributed by atoms with E-state index < -0.39 is 12.1 Å². The second-order valence-electron chi connectivity index (χ2n) is 4.98. The van der Waals surface area contributed by atoms with Gasteiger partial charge in [-0.15, -0.1) is 0 Å². The minimum absolute atomic E-state index is 0.164. The summed E-state index contributed by atoms with van der Waals surface area (Å²) >= 11 is 0. The lowest BCUT2D eigenvalue weighted by molar-refractivity contribution is -0.0798. The van der Waals surface area contributed by atoms with Gasteiger partial charge in [0, 0.05) is 11.6 Å². The van der Waals surface area contributed by atoms with Gasteiger partial charge in [0.2, 0.25) is 0 Å². The number of hydrogen-bond donors (Lipinski definition) is 2. The Morgan fingerprint density at radius 3 is 2.82 bits per heavy atom. The third-order valence-electron chi connectivity index (χ3n) is 3.51. The number of carbonyl (C=O) groups excluding carboxylic acids is 1. The Morgan fingerprint density at radius 2 is 2.09 bits per heavy atom. The van der Waals surface area contributed by atoms with Crippen LogP contribution in [0.25, 0.3) is 0 Å². The van der Waals surface area contributed by atoms with E-state index in [1.165, 1.54) is 0 Å². The predicted octanol–water partition coefficient (Wildman–Crippen LogP) is 2.47. The molecule has 22 heavy (non-hydrogen) atoms. The van der Waals surface area contributed by atoms with Gasteiger partial charge in [-0.05, 0) is 17.7 Å². The van der Waals surface area contributed by atoms with E-state index in [1.807, 2.05) is 30.3 Å². The number of nitrogens with zero attached hydrogens (tertiary/aromatic N) is 1. The van der Waals surface area contributed by atoms with Gasteiger partial charge in [0.25, 0.3) is 0 Å². The smallest absolute Gasteiger partial charge is 0.339 e. The molecule has 0 radical (unpaired) electrons. The van der Waals surface area contributed by atoms with Crippen LogP contribution >= 0.6 is 0 Å². The average molecular weight is 300 g/mol. The van der Waals surface area contributed by atoms with Crippen molar-refractivity contribution in [3.8, 4) is 11.5 Å². The van der Waals surface area contributed by atoms with Crippen molar-refractivity contribution in [1.29, 1.82) is 0 Å². The SMILES string of the molecule is NC(=O)N(O)[C@@H]1COc2cc(OCc3ccccc3)ccc21. The molecular weight excluding hydrogens is 284 g/mol. The molecule has 3 rings (SSSR count). The summed E-state index contributed by atoms with van der Waals surface area (Å²) in [6, 6.07) is 13.6. The van der Waals surface area contributed by atoms with Crippen molar-refractivity contribution in [2.45, 2.75) is 12.6 Å². The van der Waals surface area contributed by atoms with Crippen LogP contribution in [0.3, 0.4) is 0 Å². The first kappa shape index (κ1) is 14.2. The third kappa shape index (κ3) is 2.82. The molecule has 0 unspecified atom stereocenters. The van der Waals surface area contributed by atoms with Crippen LogP contribution in [0.2, 0.25) is 0 Å². The molecule has 6 nitrogen and oxygen atoms in total. The summed E-state index contributed by atoms with van der Waals surface area (Å²) in [4.78, 5) is 11.0. The number of carbonyl (C=O) groups is 1. The summed E-state index contributed by atoms with van der Waals surface area (Å²) in [5.74, 6) is 1.24. The van der Waals surface area contributed by atoms with Crippen molar-refractivity contribution in [2.24, 2.45) is 5.73 Å². The Hall–Kier alpha value is -2.73. The van der Waals surface area contributed by atoms with Gasteiger partial charge in [-0.25, -0.2) is 4.79 Å². The van der Waals surface area contributed by atoms with Gasteiger partial charge in [-0.2, -0.15) is 5.06 Å². The molecule has 0 saturated carbocycles. The molecule has 114 valence electrons. The number of urea groups is 1. The molecule has 0 saturated heterocycles. The Labute approximate surface area is 127 Å². The zero-order valence-electron chi connectivity index (χ0n) is 11.8. The van der Waals surface area contributed by atoms with Crippen molar-refractivity contribution in [2.75, 3.05) is 6.61 Å². The lowest BCUT2D eigenvalue weighted by Gasteiger charge is -2.18. The standard InChI is InChI=1S/C16H16N2O4/c17-16(19)18(20)14-10-22-15-8-12(6-7-13(14)15)21-9-11-4-2-1-3-5-11/h1-8,14,20H,9-10H2,(H2,17,19)/t14-/m1/s1. The molecule has 1 atom stereocenters. The number of fused-ring (bicyclic) bond motifs is 1. The van der Waals surface area contributed by atoms with E-state index in [1.54, 1.807) is 18.2 Å². The maximum atomic E-state index is 11.0. The van der Waals surface area contributed by atoms with Crippen LogP contribution in [0, 0.1) is 0 Å². The summed E-state index contributed by atoms with van der Waals surface area (Å²) in [6.45, 7) is 0.618. The molecule has 0 aromatic heterocycles. The molecular formula is C16H16N2O4. The summed E-state index contributed by atoms with van der Waals surface area (Å²) in [7, 11) is 0. The van der Waals surface area contributed by atoms with Crippen molar-refractivity contribution < 1.29 is 19.5 Å². The van der Waals surface area contributed by atoms with E-state index in [4.69, 9.17) is 15.2 Å². The zero-order valence-corrected chi connectivity index (χ0v) is 11.8. The third-order valence-corrected chi connectivity index (χ3v) is 3.51. The fraction of sp³-hybridized carbons (Fsp3) is 0.188. The maximum absolute atomic E-state index is 11.0. The Morgan fingerprint density at radius 1 is 1.32 bits per heavy atom. The van der Waals surface area contributed by atoms with Crippen LogP contribution in [0.15, 0.2) is 48.5 Å². The zero-order chi connectivity index (χ0) is 15.5. The monoisotopic (exact) mass is 300 g/mol. The van der Waals surface area contributed by atoms with Gasteiger partial charge in [0.05, 0.1) is 0 Å². The molecule has 6 heteroatoms. The van der Waals surface area contributed by atoms with Gasteiger partial charge < -0.3 is 15.2 Å². The topological polar surface area (TPSA) is 85.0 Å². The highest BCUT2D eigenvalue weighted by atomic mass is 16.5. The van der Waals surface area contributed by atoms with Crippen molar-refractivity contribution in [1.82, 2.24) is 5.06 Å². The Balaban J connectivity index is 1.71. The molecule has 2 amide bonds. The van der Waals surface area contributed by atoms with Gasteiger partial charge in [0.15, 0.2) is 0 Å². The van der Waals surface area contributed by atoms with E-state index in [2.05, 4.69) is 0 Å². The highest BCUT2D eigenvalue weighted by Gasteiger charge is 2.31. The first-order valence-electron chi connectivity index (χ1n) is 6.86. The molecule has 2 aromatic rings. The van der Waals surface area contributed by atoms with Crippen molar-refractivity contribution >= 4 is 6.03 Å². The largest absolute Gasteiger partial charge is 0.490 e. The molecule has 0 bridgehead atoms. The van der Waals surface area contributed by atoms with Crippen molar-refractivity contribution in [3.63, 3.8) is 0 Å². The number of hydrogen-bond acceptors (Lipinski definition) is 4. The normalized spacial score (nSPS) is 15.8. The van der Waals surface area contributed by atoms with E-state index >= 15 is 0 Å². The van der Waals surface area contributed by atoms with E-state index in [0.29, 0.717) is 28.7 Å². The van der Waals surface area contributed by atoms with Crippen LogP contribution in [0.5, 0.6) is 11.5 Å². The summed E-state index contributed by atoms with van der Waals surface area (Å²) in [5, 5.41) is 10.1. The number of nitrogens with two attached hydrogens (primary N) is 1. The Bertz CT molecular complexity index is 675. The number of benzene rings is 2. The highest BCUT2D eigenvalue weighted by Crippen LogP contribution is 2.37. The molecule has 3 N–H and O–H groups in total. The summed E-state index contributed by atoms with van der Waals surface area (Å²) in [6.07, 6.45) is 0. The molecule has 1 aliphatic heterocycles. The van der Waals surface area contributed by atoms with Gasteiger partial charge >= 0.3 is 6.03 Å². The lowest BCUT2D eigenvalue weighted by Crippen LogP contribution is -2.36. The number of amides is 2. The van der Waals surface area contributed by atoms with Crippen LogP contribution in [-0.4, -0.2) is 22.9 Å². The van der Waals surface area contributed by atoms with Gasteiger partial charge in [-0.3, -0.25) is 5.21 Å². The van der Waals surface area contributed by atoms with E-state index in [9.17, 15) is 10.0 Å². The summed E-state index contributed by atoms with van der Waals surface area (Å²) < 4.78 is 11.2. The molecule has 2 aromatic carbocycles. The lowest BCUT2D eigenvalue weighted by atomic mass is 10.1.